The van der Waals surface area contributed by atoms with Gasteiger partial charge in [-0.05, 0) is 31.5 Å². The van der Waals surface area contributed by atoms with Crippen LogP contribution in [0.25, 0.3) is 0 Å². The predicted molar refractivity (Wildman–Crippen MR) is 87.0 cm³/mol. The van der Waals surface area contributed by atoms with Gasteiger partial charge in [-0.25, -0.2) is 0 Å². The molecule has 148 valence electrons. The molecule has 1 N–H and O–H groups in total. The molecule has 0 aliphatic heterocycles. The largest absolute Gasteiger partial charge is 0.436 e. The van der Waals surface area contributed by atoms with Gasteiger partial charge in [-0.1, -0.05) is 17.7 Å². The van der Waals surface area contributed by atoms with Gasteiger partial charge in [0, 0.05) is 18.7 Å². The number of alkyl halides is 5. The van der Waals surface area contributed by atoms with Crippen LogP contribution in [0, 0.1) is 6.92 Å². The van der Waals surface area contributed by atoms with Gasteiger partial charge < -0.3 is 10.1 Å². The molecule has 0 bridgehead atoms. The number of carbonyl (C=O) groups is 1. The molecule has 2 aromatic rings. The first-order valence-corrected chi connectivity index (χ1v) is 8.10. The van der Waals surface area contributed by atoms with Gasteiger partial charge in [-0.2, -0.15) is 27.1 Å². The smallest absolute Gasteiger partial charge is 0.435 e. The zero-order valence-corrected chi connectivity index (χ0v) is 14.7. The highest BCUT2D eigenvalue weighted by molar-refractivity contribution is 6.31. The van der Waals surface area contributed by atoms with Gasteiger partial charge in [0.25, 0.3) is 5.91 Å². The highest BCUT2D eigenvalue weighted by Gasteiger charge is 2.38. The maximum absolute atomic E-state index is 12.8. The molecule has 1 heterocycles. The highest BCUT2D eigenvalue weighted by atomic mass is 35.5. The van der Waals surface area contributed by atoms with Gasteiger partial charge in [-0.15, -0.1) is 0 Å². The number of amides is 1. The lowest BCUT2D eigenvalue weighted by atomic mass is 10.2. The molecule has 0 fully saturated rings. The third kappa shape index (κ3) is 5.56. The van der Waals surface area contributed by atoms with Crippen molar-refractivity contribution in [1.82, 2.24) is 15.1 Å². The molecular weight excluding hydrogens is 397 g/mol. The molecule has 0 aliphatic rings. The third-order valence-electron chi connectivity index (χ3n) is 3.56. The summed E-state index contributed by atoms with van der Waals surface area (Å²) in [5.74, 6) is -0.681. The number of rotatable bonds is 7. The van der Waals surface area contributed by atoms with E-state index < -0.39 is 29.4 Å². The number of ether oxygens (including phenoxy) is 1. The Hall–Kier alpha value is -2.36. The van der Waals surface area contributed by atoms with E-state index in [4.69, 9.17) is 11.6 Å². The summed E-state index contributed by atoms with van der Waals surface area (Å²) in [6, 6.07) is 5.25. The van der Waals surface area contributed by atoms with Crippen LogP contribution in [0.3, 0.4) is 0 Å². The van der Waals surface area contributed by atoms with Crippen molar-refractivity contribution in [3.8, 4) is 5.75 Å². The first-order valence-electron chi connectivity index (χ1n) is 7.72. The summed E-state index contributed by atoms with van der Waals surface area (Å²) >= 11 is 5.65. The minimum absolute atomic E-state index is 0.108. The van der Waals surface area contributed by atoms with Crippen LogP contribution in [-0.4, -0.2) is 28.8 Å². The lowest BCUT2D eigenvalue weighted by molar-refractivity contribution is -0.141. The fourth-order valence-electron chi connectivity index (χ4n) is 2.27. The Kier molecular flexibility index (Phi) is 6.63. The number of carbonyl (C=O) groups excluding carboxylic acids is 1. The molecule has 0 saturated heterocycles. The van der Waals surface area contributed by atoms with E-state index in [1.165, 1.54) is 25.1 Å². The van der Waals surface area contributed by atoms with E-state index >= 15 is 0 Å². The van der Waals surface area contributed by atoms with Gasteiger partial charge in [0.15, 0.2) is 5.69 Å². The van der Waals surface area contributed by atoms with Crippen molar-refractivity contribution in [3.05, 3.63) is 46.2 Å². The maximum Gasteiger partial charge on any atom is 0.436 e. The molecule has 11 heteroatoms. The number of hydrogen-bond acceptors (Lipinski definition) is 3. The molecule has 0 atom stereocenters. The zero-order chi connectivity index (χ0) is 20.2. The summed E-state index contributed by atoms with van der Waals surface area (Å²) in [5, 5.41) is 5.54. The molecule has 0 unspecified atom stereocenters. The Morgan fingerprint density at radius 2 is 2.07 bits per heavy atom. The fraction of sp³-hybridized carbons (Fsp3) is 0.375. The van der Waals surface area contributed by atoms with Crippen molar-refractivity contribution in [2.24, 2.45) is 0 Å². The first kappa shape index (κ1) is 20.9. The van der Waals surface area contributed by atoms with Crippen LogP contribution in [0.4, 0.5) is 22.0 Å². The second-order valence-corrected chi connectivity index (χ2v) is 5.86. The van der Waals surface area contributed by atoms with E-state index in [2.05, 4.69) is 15.2 Å². The molecule has 0 radical (unpaired) electrons. The van der Waals surface area contributed by atoms with Gasteiger partial charge in [0.05, 0.1) is 10.7 Å². The monoisotopic (exact) mass is 411 g/mol. The number of nitrogens with zero attached hydrogens (tertiary/aromatic N) is 2. The molecule has 27 heavy (non-hydrogen) atoms. The molecule has 0 saturated carbocycles. The van der Waals surface area contributed by atoms with Gasteiger partial charge >= 0.3 is 12.8 Å². The lowest BCUT2D eigenvalue weighted by Crippen LogP contribution is -2.25. The number of halogens is 6. The fourth-order valence-corrected chi connectivity index (χ4v) is 2.51. The van der Waals surface area contributed by atoms with Crippen molar-refractivity contribution < 1.29 is 31.5 Å². The molecule has 1 amide bonds. The average Bonchev–Trinajstić information content (AvgIpc) is 2.86. The SMILES string of the molecule is Cc1c(Cl)c(C(F)(F)F)nn1CCCNC(=O)c1cccc(OC(F)F)c1. The Bertz CT molecular complexity index is 808. The Balaban J connectivity index is 1.89. The van der Waals surface area contributed by atoms with Crippen molar-refractivity contribution in [3.63, 3.8) is 0 Å². The van der Waals surface area contributed by atoms with Crippen LogP contribution >= 0.6 is 11.6 Å². The van der Waals surface area contributed by atoms with Crippen LogP contribution in [0.1, 0.15) is 28.2 Å². The summed E-state index contributed by atoms with van der Waals surface area (Å²) in [7, 11) is 0. The zero-order valence-electron chi connectivity index (χ0n) is 14.0. The summed E-state index contributed by atoms with van der Waals surface area (Å²) in [4.78, 5) is 12.0. The number of aromatic nitrogens is 2. The average molecular weight is 412 g/mol. The first-order chi connectivity index (χ1) is 12.6. The van der Waals surface area contributed by atoms with Crippen molar-refractivity contribution in [1.29, 1.82) is 0 Å². The van der Waals surface area contributed by atoms with E-state index in [0.717, 1.165) is 10.7 Å². The normalized spacial score (nSPS) is 11.7. The minimum Gasteiger partial charge on any atom is -0.435 e. The molecule has 0 aliphatic carbocycles. The molecule has 5 nitrogen and oxygen atoms in total. The van der Waals surface area contributed by atoms with Crippen molar-refractivity contribution in [2.45, 2.75) is 32.7 Å². The van der Waals surface area contributed by atoms with Crippen LogP contribution in [-0.2, 0) is 12.7 Å². The Labute approximate surface area is 156 Å². The van der Waals surface area contributed by atoms with E-state index in [1.807, 2.05) is 0 Å². The Morgan fingerprint density at radius 1 is 1.37 bits per heavy atom. The number of aryl methyl sites for hydroxylation is 1. The highest BCUT2D eigenvalue weighted by Crippen LogP contribution is 2.35. The minimum atomic E-state index is -4.65. The van der Waals surface area contributed by atoms with Gasteiger partial charge in [-0.3, -0.25) is 9.48 Å². The van der Waals surface area contributed by atoms with Crippen LogP contribution in [0.2, 0.25) is 5.02 Å². The standard InChI is InChI=1S/C16H15ClF5N3O2/c1-9-12(17)13(16(20,21)22)24-25(9)7-3-6-23-14(26)10-4-2-5-11(8-10)27-15(18)19/h2,4-5,8,15H,3,6-7H2,1H3,(H,23,26). The third-order valence-corrected chi connectivity index (χ3v) is 4.01. The van der Waals surface area contributed by atoms with Crippen molar-refractivity contribution in [2.75, 3.05) is 6.54 Å². The second kappa shape index (κ2) is 8.55. The van der Waals surface area contributed by atoms with Crippen LogP contribution in [0.5, 0.6) is 5.75 Å². The number of hydrogen-bond donors (Lipinski definition) is 1. The molecule has 2 rings (SSSR count). The molecule has 1 aromatic carbocycles. The number of nitrogens with one attached hydrogen (secondary N) is 1. The second-order valence-electron chi connectivity index (χ2n) is 5.48. The Morgan fingerprint density at radius 3 is 2.67 bits per heavy atom. The quantitative estimate of drug-likeness (QED) is 0.546. The molecular formula is C16H15ClF5N3O2. The topological polar surface area (TPSA) is 56.2 Å². The van der Waals surface area contributed by atoms with Crippen molar-refractivity contribution >= 4 is 17.5 Å². The van der Waals surface area contributed by atoms with Gasteiger partial charge in [0.1, 0.15) is 5.75 Å². The van der Waals surface area contributed by atoms with E-state index in [9.17, 15) is 26.7 Å². The summed E-state index contributed by atoms with van der Waals surface area (Å²) in [6.45, 7) is -1.35. The molecule has 1 aromatic heterocycles. The van der Waals surface area contributed by atoms with Gasteiger partial charge in [0.2, 0.25) is 0 Å². The number of benzene rings is 1. The lowest BCUT2D eigenvalue weighted by Gasteiger charge is -2.08. The van der Waals surface area contributed by atoms with Crippen LogP contribution in [0.15, 0.2) is 24.3 Å². The summed E-state index contributed by atoms with van der Waals surface area (Å²) in [6.07, 6.45) is -4.36. The summed E-state index contributed by atoms with van der Waals surface area (Å²) in [5.41, 5.74) is -0.862. The predicted octanol–water partition coefficient (Wildman–Crippen LogP) is 4.29. The van der Waals surface area contributed by atoms with Crippen LogP contribution < -0.4 is 10.1 Å². The van der Waals surface area contributed by atoms with E-state index in [-0.39, 0.29) is 36.5 Å². The van der Waals surface area contributed by atoms with E-state index in [1.54, 1.807) is 0 Å². The molecule has 0 spiro atoms. The summed E-state index contributed by atoms with van der Waals surface area (Å²) < 4.78 is 68.0. The van der Waals surface area contributed by atoms with E-state index in [0.29, 0.717) is 0 Å². The maximum atomic E-state index is 12.8.